The fraction of sp³-hybridized carbons (Fsp3) is 0.0645. The number of hydrogen-bond donors (Lipinski definition) is 2. The van der Waals surface area contributed by atoms with Crippen LogP contribution in [0.3, 0.4) is 0 Å². The molecule has 0 spiro atoms. The predicted octanol–water partition coefficient (Wildman–Crippen LogP) is 15.4. The normalized spacial score (nSPS) is 11.6. The van der Waals surface area contributed by atoms with Crippen LogP contribution >= 0.6 is 0 Å². The van der Waals surface area contributed by atoms with E-state index in [2.05, 4.69) is 265 Å². The molecule has 0 saturated heterocycles. The van der Waals surface area contributed by atoms with Crippen LogP contribution in [0.15, 0.2) is 243 Å². The monoisotopic (exact) mass is 863 g/mol. The summed E-state index contributed by atoms with van der Waals surface area (Å²) in [6.07, 6.45) is 9.38. The van der Waals surface area contributed by atoms with Gasteiger partial charge in [-0.1, -0.05) is 157 Å². The molecule has 0 atom stereocenters. The van der Waals surface area contributed by atoms with Crippen molar-refractivity contribution in [3.8, 4) is 33.4 Å². The molecule has 0 saturated carbocycles. The zero-order chi connectivity index (χ0) is 45.4. The second-order valence-electron chi connectivity index (χ2n) is 16.8. The SMILES string of the molecule is C=CCC/C=C\Cc1ccc(N2c3ccc(-c4ccccc4)cc3[B]c3c(-c4cc(N(c5ccccc5)c5ccccc5)ccc4Nc4ccc(-c5ccccc5)cc4)cc(NC)cc32)cc1. The van der Waals surface area contributed by atoms with Crippen LogP contribution in [0.4, 0.5) is 51.2 Å². The largest absolute Gasteiger partial charge is 0.388 e. The van der Waals surface area contributed by atoms with Gasteiger partial charge in [0.25, 0.3) is 0 Å². The van der Waals surface area contributed by atoms with Gasteiger partial charge in [0.1, 0.15) is 0 Å². The Bertz CT molecular complexity index is 3090. The molecule has 0 aromatic heterocycles. The number of benzene rings is 9. The Kier molecular flexibility index (Phi) is 12.6. The first-order valence-corrected chi connectivity index (χ1v) is 23.2. The fourth-order valence-electron chi connectivity index (χ4n) is 9.06. The quantitative estimate of drug-likeness (QED) is 0.0611. The Hall–Kier alpha value is -8.28. The van der Waals surface area contributed by atoms with Gasteiger partial charge in [0, 0.05) is 63.8 Å². The summed E-state index contributed by atoms with van der Waals surface area (Å²) in [6, 6.07) is 78.6. The summed E-state index contributed by atoms with van der Waals surface area (Å²) in [7, 11) is 4.40. The van der Waals surface area contributed by atoms with Gasteiger partial charge in [-0.25, -0.2) is 0 Å². The highest BCUT2D eigenvalue weighted by atomic mass is 15.2. The van der Waals surface area contributed by atoms with Crippen molar-refractivity contribution in [3.05, 3.63) is 249 Å². The lowest BCUT2D eigenvalue weighted by molar-refractivity contribution is 1.04. The molecular formula is C62H52BN4. The van der Waals surface area contributed by atoms with Gasteiger partial charge in [-0.05, 0) is 143 Å². The fourth-order valence-corrected chi connectivity index (χ4v) is 9.06. The number of allylic oxidation sites excluding steroid dienone is 3. The third kappa shape index (κ3) is 9.31. The molecule has 0 aliphatic carbocycles. The summed E-state index contributed by atoms with van der Waals surface area (Å²) in [5.41, 5.74) is 20.1. The van der Waals surface area contributed by atoms with E-state index in [0.717, 1.165) is 92.5 Å². The highest BCUT2D eigenvalue weighted by Gasteiger charge is 2.29. The van der Waals surface area contributed by atoms with E-state index in [4.69, 9.17) is 0 Å². The molecule has 4 nitrogen and oxygen atoms in total. The minimum absolute atomic E-state index is 0.886. The summed E-state index contributed by atoms with van der Waals surface area (Å²) in [5.74, 6) is 0. The number of anilines is 9. The van der Waals surface area contributed by atoms with Crippen molar-refractivity contribution in [3.63, 3.8) is 0 Å². The Balaban J connectivity index is 1.15. The van der Waals surface area contributed by atoms with Gasteiger partial charge in [0.15, 0.2) is 7.28 Å². The molecule has 9 aromatic carbocycles. The summed E-state index contributed by atoms with van der Waals surface area (Å²) < 4.78 is 0. The molecule has 10 rings (SSSR count). The Morgan fingerprint density at radius 2 is 1.12 bits per heavy atom. The van der Waals surface area contributed by atoms with E-state index in [1.165, 1.54) is 27.8 Å². The maximum atomic E-state index is 3.89. The third-order valence-electron chi connectivity index (χ3n) is 12.5. The molecule has 0 unspecified atom stereocenters. The minimum atomic E-state index is 0.886. The van der Waals surface area contributed by atoms with Gasteiger partial charge in [-0.3, -0.25) is 0 Å². The highest BCUT2D eigenvalue weighted by molar-refractivity contribution is 6.73. The molecule has 323 valence electrons. The summed E-state index contributed by atoms with van der Waals surface area (Å²) >= 11 is 0. The number of nitrogens with one attached hydrogen (secondary N) is 2. The van der Waals surface area contributed by atoms with Crippen molar-refractivity contribution in [2.24, 2.45) is 0 Å². The number of unbranched alkanes of at least 4 members (excludes halogenated alkanes) is 1. The molecule has 5 heteroatoms. The lowest BCUT2D eigenvalue weighted by Gasteiger charge is -2.36. The van der Waals surface area contributed by atoms with Crippen LogP contribution in [0.5, 0.6) is 0 Å². The average molecular weight is 864 g/mol. The summed E-state index contributed by atoms with van der Waals surface area (Å²) in [5, 5.41) is 7.45. The lowest BCUT2D eigenvalue weighted by atomic mass is 9.57. The van der Waals surface area contributed by atoms with Crippen molar-refractivity contribution in [1.82, 2.24) is 0 Å². The van der Waals surface area contributed by atoms with Crippen LogP contribution in [0.2, 0.25) is 0 Å². The van der Waals surface area contributed by atoms with Crippen molar-refractivity contribution in [2.75, 3.05) is 27.5 Å². The Labute approximate surface area is 396 Å². The van der Waals surface area contributed by atoms with Gasteiger partial charge < -0.3 is 20.4 Å². The van der Waals surface area contributed by atoms with Crippen molar-refractivity contribution < 1.29 is 0 Å². The number of fused-ring (bicyclic) bond motifs is 2. The molecule has 0 fully saturated rings. The molecule has 1 radical (unpaired) electrons. The van der Waals surface area contributed by atoms with E-state index in [9.17, 15) is 0 Å². The smallest absolute Gasteiger partial charge is 0.197 e. The molecule has 67 heavy (non-hydrogen) atoms. The van der Waals surface area contributed by atoms with Crippen LogP contribution in [0.1, 0.15) is 18.4 Å². The van der Waals surface area contributed by atoms with E-state index in [1.807, 2.05) is 13.1 Å². The standard InChI is InChI=1S/C62H52BN4/c1-3-4-5-6-11-20-45-29-36-54(37-30-45)67-60-40-33-49(47-23-14-8-15-24-47)41-58(60)63-62-57(42-51(64-2)43-61(62)67)56-44-55(66(52-25-16-9-17-26-52)53-27-18-10-19-28-53)38-39-59(56)65-50-34-31-48(32-35-50)46-21-12-7-13-22-46/h3,6-19,21-44,64-65H,1,4-5,20H2,2H3/b11-6-. The first-order chi connectivity index (χ1) is 33.1. The van der Waals surface area contributed by atoms with Crippen molar-refractivity contribution in [2.45, 2.75) is 19.3 Å². The number of hydrogen-bond acceptors (Lipinski definition) is 4. The van der Waals surface area contributed by atoms with Crippen LogP contribution in [-0.2, 0) is 6.42 Å². The van der Waals surface area contributed by atoms with E-state index in [-0.39, 0.29) is 0 Å². The zero-order valence-corrected chi connectivity index (χ0v) is 37.8. The second kappa shape index (κ2) is 19.9. The highest BCUT2D eigenvalue weighted by Crippen LogP contribution is 2.44. The topological polar surface area (TPSA) is 30.5 Å². The first-order valence-electron chi connectivity index (χ1n) is 23.2. The molecule has 9 aromatic rings. The molecule has 0 amide bonds. The van der Waals surface area contributed by atoms with E-state index >= 15 is 0 Å². The predicted molar refractivity (Wildman–Crippen MR) is 289 cm³/mol. The van der Waals surface area contributed by atoms with E-state index < -0.39 is 0 Å². The Morgan fingerprint density at radius 1 is 0.507 bits per heavy atom. The zero-order valence-electron chi connectivity index (χ0n) is 37.8. The number of para-hydroxylation sites is 2. The molecule has 0 bridgehead atoms. The summed E-state index contributed by atoms with van der Waals surface area (Å²) in [6.45, 7) is 3.87. The lowest BCUT2D eigenvalue weighted by Crippen LogP contribution is -2.41. The average Bonchev–Trinajstić information content (AvgIpc) is 3.39. The third-order valence-corrected chi connectivity index (χ3v) is 12.5. The van der Waals surface area contributed by atoms with Crippen LogP contribution in [-0.4, -0.2) is 14.3 Å². The molecular weight excluding hydrogens is 812 g/mol. The van der Waals surface area contributed by atoms with Crippen LogP contribution in [0, 0.1) is 0 Å². The molecule has 1 aliphatic rings. The maximum absolute atomic E-state index is 3.89. The first kappa shape index (κ1) is 42.7. The van der Waals surface area contributed by atoms with Gasteiger partial charge >= 0.3 is 0 Å². The van der Waals surface area contributed by atoms with Gasteiger partial charge in [-0.15, -0.1) is 6.58 Å². The molecule has 1 aliphatic heterocycles. The van der Waals surface area contributed by atoms with Crippen molar-refractivity contribution >= 4 is 69.4 Å². The number of nitrogens with zero attached hydrogens (tertiary/aromatic N) is 2. The maximum Gasteiger partial charge on any atom is 0.197 e. The van der Waals surface area contributed by atoms with Gasteiger partial charge in [0.05, 0.1) is 0 Å². The summed E-state index contributed by atoms with van der Waals surface area (Å²) in [4.78, 5) is 4.77. The molecule has 2 N–H and O–H groups in total. The van der Waals surface area contributed by atoms with Crippen molar-refractivity contribution in [1.29, 1.82) is 0 Å². The van der Waals surface area contributed by atoms with Crippen LogP contribution < -0.4 is 31.4 Å². The van der Waals surface area contributed by atoms with E-state index in [1.54, 1.807) is 0 Å². The van der Waals surface area contributed by atoms with Gasteiger partial charge in [-0.2, -0.15) is 0 Å². The minimum Gasteiger partial charge on any atom is -0.388 e. The molecule has 1 heterocycles. The van der Waals surface area contributed by atoms with Gasteiger partial charge in [0.2, 0.25) is 0 Å². The van der Waals surface area contributed by atoms with Crippen LogP contribution in [0.25, 0.3) is 33.4 Å². The van der Waals surface area contributed by atoms with E-state index in [0.29, 0.717) is 0 Å². The Morgan fingerprint density at radius 3 is 1.76 bits per heavy atom. The second-order valence-corrected chi connectivity index (χ2v) is 16.8. The number of rotatable bonds is 15.